The quantitative estimate of drug-likeness (QED) is 0.397. The van der Waals surface area contributed by atoms with Crippen LogP contribution in [0.2, 0.25) is 10.0 Å². The Kier molecular flexibility index (Phi) is 9.49. The molecule has 1 aromatic rings. The molecule has 1 heterocycles. The average Bonchev–Trinajstić information content (AvgIpc) is 2.66. The molecule has 1 fully saturated rings. The van der Waals surface area contributed by atoms with Gasteiger partial charge in [0.15, 0.2) is 0 Å². The van der Waals surface area contributed by atoms with Crippen LogP contribution in [0.4, 0.5) is 4.39 Å². The van der Waals surface area contributed by atoms with Crippen molar-refractivity contribution in [3.05, 3.63) is 58.1 Å². The minimum Gasteiger partial charge on any atom is -0.349 e. The van der Waals surface area contributed by atoms with Crippen molar-refractivity contribution in [3.63, 3.8) is 0 Å². The summed E-state index contributed by atoms with van der Waals surface area (Å²) < 4.78 is 15.0. The van der Waals surface area contributed by atoms with Gasteiger partial charge in [-0.3, -0.25) is 9.69 Å². The standard InChI is InChI=1S/C22H29Cl2FN2O/c1-2-3-4-5-6-7-8-11-27-12-9-22(25,10-13-27)17-26-21(28)18-14-19(23)16-20(24)15-18/h5-8,14-16H,2-4,9-13,17H2,1H3,(H,26,28)/b6-5+,8-7+. The number of unbranched alkanes of at least 4 members (excludes halogenated alkanes) is 2. The van der Waals surface area contributed by atoms with E-state index in [1.54, 1.807) is 6.07 Å². The molecule has 0 aromatic heterocycles. The first kappa shape index (κ1) is 22.9. The Morgan fingerprint density at radius 3 is 2.46 bits per heavy atom. The molecule has 1 N–H and O–H groups in total. The van der Waals surface area contributed by atoms with Crippen LogP contribution in [0, 0.1) is 0 Å². The minimum absolute atomic E-state index is 0.000187. The molecule has 0 radical (unpaired) electrons. The second-order valence-electron chi connectivity index (χ2n) is 7.29. The van der Waals surface area contributed by atoms with Gasteiger partial charge in [-0.2, -0.15) is 0 Å². The van der Waals surface area contributed by atoms with Gasteiger partial charge in [-0.05, 0) is 37.5 Å². The smallest absolute Gasteiger partial charge is 0.251 e. The van der Waals surface area contributed by atoms with Gasteiger partial charge >= 0.3 is 0 Å². The second kappa shape index (κ2) is 11.6. The Morgan fingerprint density at radius 2 is 1.82 bits per heavy atom. The van der Waals surface area contributed by atoms with Crippen LogP contribution >= 0.6 is 23.2 Å². The zero-order chi connectivity index (χ0) is 20.4. The van der Waals surface area contributed by atoms with Crippen LogP contribution in [0.15, 0.2) is 42.5 Å². The molecule has 0 atom stereocenters. The summed E-state index contributed by atoms with van der Waals surface area (Å²) in [6, 6.07) is 4.61. The fourth-order valence-corrected chi connectivity index (χ4v) is 3.65. The van der Waals surface area contributed by atoms with Crippen LogP contribution in [0.3, 0.4) is 0 Å². The van der Waals surface area contributed by atoms with Crippen molar-refractivity contribution >= 4 is 29.1 Å². The number of benzene rings is 1. The summed E-state index contributed by atoms with van der Waals surface area (Å²) in [7, 11) is 0. The van der Waals surface area contributed by atoms with E-state index in [0.29, 0.717) is 41.5 Å². The highest BCUT2D eigenvalue weighted by atomic mass is 35.5. The molecule has 0 saturated carbocycles. The number of hydrogen-bond donors (Lipinski definition) is 1. The molecule has 154 valence electrons. The summed E-state index contributed by atoms with van der Waals surface area (Å²) in [5.41, 5.74) is -1.03. The van der Waals surface area contributed by atoms with Gasteiger partial charge in [0.25, 0.3) is 5.91 Å². The lowest BCUT2D eigenvalue weighted by molar-refractivity contribution is 0.0585. The molecular formula is C22H29Cl2FN2O. The molecule has 1 aliphatic rings. The van der Waals surface area contributed by atoms with Gasteiger partial charge < -0.3 is 5.32 Å². The third kappa shape index (κ3) is 7.94. The summed E-state index contributed by atoms with van der Waals surface area (Å²) in [4.78, 5) is 14.5. The minimum atomic E-state index is -1.38. The van der Waals surface area contributed by atoms with Crippen molar-refractivity contribution in [2.24, 2.45) is 0 Å². The van der Waals surface area contributed by atoms with Gasteiger partial charge in [0.05, 0.1) is 6.54 Å². The van der Waals surface area contributed by atoms with E-state index in [1.807, 2.05) is 0 Å². The normalized spacial score (nSPS) is 17.4. The molecule has 1 aromatic carbocycles. The average molecular weight is 427 g/mol. The molecule has 0 aliphatic carbocycles. The van der Waals surface area contributed by atoms with E-state index in [0.717, 1.165) is 13.0 Å². The van der Waals surface area contributed by atoms with Gasteiger partial charge in [0, 0.05) is 35.2 Å². The van der Waals surface area contributed by atoms with E-state index in [-0.39, 0.29) is 12.5 Å². The Hall–Kier alpha value is -1.36. The van der Waals surface area contributed by atoms with Gasteiger partial charge in [0.2, 0.25) is 0 Å². The van der Waals surface area contributed by atoms with Gasteiger partial charge in [-0.25, -0.2) is 4.39 Å². The van der Waals surface area contributed by atoms with Crippen molar-refractivity contribution in [2.75, 3.05) is 26.2 Å². The number of hydrogen-bond acceptors (Lipinski definition) is 2. The van der Waals surface area contributed by atoms with Crippen molar-refractivity contribution in [2.45, 2.75) is 44.7 Å². The fourth-order valence-electron chi connectivity index (χ4n) is 3.12. The number of amides is 1. The zero-order valence-electron chi connectivity index (χ0n) is 16.4. The molecule has 3 nitrogen and oxygen atoms in total. The van der Waals surface area contributed by atoms with Gasteiger partial charge in [0.1, 0.15) is 5.67 Å². The number of rotatable bonds is 9. The highest BCUT2D eigenvalue weighted by Crippen LogP contribution is 2.26. The first-order valence-corrected chi connectivity index (χ1v) is 10.6. The molecule has 0 unspecified atom stereocenters. The number of likely N-dealkylation sites (tertiary alicyclic amines) is 1. The Morgan fingerprint density at radius 1 is 1.18 bits per heavy atom. The maximum absolute atomic E-state index is 15.0. The maximum atomic E-state index is 15.0. The number of halogens is 3. The van der Waals surface area contributed by atoms with Crippen LogP contribution < -0.4 is 5.32 Å². The topological polar surface area (TPSA) is 32.3 Å². The SMILES string of the molecule is CCCC/C=C/C=C/CN1CCC(F)(CNC(=O)c2cc(Cl)cc(Cl)c2)CC1. The molecule has 1 aliphatic heterocycles. The molecule has 0 spiro atoms. The maximum Gasteiger partial charge on any atom is 0.251 e. The van der Waals surface area contributed by atoms with E-state index in [4.69, 9.17) is 23.2 Å². The number of piperidine rings is 1. The van der Waals surface area contributed by atoms with Crippen LogP contribution in [-0.4, -0.2) is 42.7 Å². The first-order valence-electron chi connectivity index (χ1n) is 9.89. The van der Waals surface area contributed by atoms with Crippen LogP contribution in [-0.2, 0) is 0 Å². The summed E-state index contributed by atoms with van der Waals surface area (Å²) in [5.74, 6) is -0.360. The summed E-state index contributed by atoms with van der Waals surface area (Å²) in [6.07, 6.45) is 12.8. The second-order valence-corrected chi connectivity index (χ2v) is 8.16. The largest absolute Gasteiger partial charge is 0.349 e. The molecule has 28 heavy (non-hydrogen) atoms. The zero-order valence-corrected chi connectivity index (χ0v) is 17.9. The van der Waals surface area contributed by atoms with Crippen LogP contribution in [0.1, 0.15) is 49.4 Å². The highest BCUT2D eigenvalue weighted by molar-refractivity contribution is 6.35. The van der Waals surface area contributed by atoms with Crippen molar-refractivity contribution < 1.29 is 9.18 Å². The third-order valence-corrected chi connectivity index (χ3v) is 5.35. The third-order valence-electron chi connectivity index (χ3n) is 4.91. The number of nitrogens with zero attached hydrogens (tertiary/aromatic N) is 1. The lowest BCUT2D eigenvalue weighted by Gasteiger charge is -2.36. The molecule has 0 bridgehead atoms. The van der Waals surface area contributed by atoms with Crippen molar-refractivity contribution in [1.29, 1.82) is 0 Å². The van der Waals surface area contributed by atoms with Gasteiger partial charge in [-0.15, -0.1) is 0 Å². The highest BCUT2D eigenvalue weighted by Gasteiger charge is 2.34. The molecule has 1 amide bonds. The van der Waals surface area contributed by atoms with Crippen LogP contribution in [0.5, 0.6) is 0 Å². The monoisotopic (exact) mass is 426 g/mol. The van der Waals surface area contributed by atoms with Gasteiger partial charge in [-0.1, -0.05) is 67.3 Å². The first-order chi connectivity index (χ1) is 13.4. The van der Waals surface area contributed by atoms with E-state index in [1.165, 1.54) is 25.0 Å². The van der Waals surface area contributed by atoms with E-state index in [9.17, 15) is 4.79 Å². The Labute approximate surface area is 177 Å². The Balaban J connectivity index is 1.73. The van der Waals surface area contributed by atoms with Crippen molar-refractivity contribution in [3.8, 4) is 0 Å². The van der Waals surface area contributed by atoms with Crippen LogP contribution in [0.25, 0.3) is 0 Å². The molecule has 6 heteroatoms. The van der Waals surface area contributed by atoms with E-state index < -0.39 is 5.67 Å². The molecule has 1 saturated heterocycles. The molecular weight excluding hydrogens is 398 g/mol. The number of carbonyl (C=O) groups is 1. The number of nitrogens with one attached hydrogen (secondary N) is 1. The summed E-state index contributed by atoms with van der Waals surface area (Å²) in [6.45, 7) is 4.36. The molecule has 2 rings (SSSR count). The van der Waals surface area contributed by atoms with Crippen molar-refractivity contribution in [1.82, 2.24) is 10.2 Å². The van der Waals surface area contributed by atoms with E-state index in [2.05, 4.69) is 41.4 Å². The van der Waals surface area contributed by atoms with E-state index >= 15 is 4.39 Å². The number of carbonyl (C=O) groups excluding carboxylic acids is 1. The number of alkyl halides is 1. The lowest BCUT2D eigenvalue weighted by atomic mass is 9.93. The number of allylic oxidation sites excluding steroid dienone is 3. The Bertz CT molecular complexity index is 678. The predicted octanol–water partition coefficient (Wildman–Crippen LogP) is 5.83. The predicted molar refractivity (Wildman–Crippen MR) is 116 cm³/mol. The lowest BCUT2D eigenvalue weighted by Crippen LogP contribution is -2.48. The summed E-state index contributed by atoms with van der Waals surface area (Å²) >= 11 is 11.8. The fraction of sp³-hybridized carbons (Fsp3) is 0.500. The summed E-state index contributed by atoms with van der Waals surface area (Å²) in [5, 5.41) is 3.45.